The molecule has 4 nitrogen and oxygen atoms in total. The van der Waals surface area contributed by atoms with Gasteiger partial charge in [-0.05, 0) is 132 Å². The third kappa shape index (κ3) is 8.75. The number of unbranched alkanes of at least 4 members (excludes halogenated alkanes) is 1. The molecular weight excluding hydrogens is 633 g/mol. The summed E-state index contributed by atoms with van der Waals surface area (Å²) in [4.78, 5) is 4.68. The van der Waals surface area contributed by atoms with Crippen LogP contribution in [-0.4, -0.2) is 6.54 Å². The van der Waals surface area contributed by atoms with Gasteiger partial charge in [-0.25, -0.2) is 0 Å². The molecule has 0 saturated heterocycles. The molecule has 266 valence electrons. The molecule has 4 heteroatoms. The molecule has 1 unspecified atom stereocenters. The van der Waals surface area contributed by atoms with Crippen LogP contribution in [-0.2, 0) is 12.8 Å². The Morgan fingerprint density at radius 1 is 0.500 bits per heavy atom. The van der Waals surface area contributed by atoms with Crippen LogP contribution in [0, 0.1) is 0 Å². The van der Waals surface area contributed by atoms with Crippen molar-refractivity contribution >= 4 is 39.8 Å². The third-order valence-electron chi connectivity index (χ3n) is 9.91. The molecule has 0 spiro atoms. The van der Waals surface area contributed by atoms with Crippen molar-refractivity contribution < 1.29 is 0 Å². The van der Waals surface area contributed by atoms with Crippen LogP contribution in [0.25, 0.3) is 11.1 Å². The van der Waals surface area contributed by atoms with E-state index in [1.807, 2.05) is 0 Å². The second kappa shape index (κ2) is 17.7. The zero-order chi connectivity index (χ0) is 36.3. The van der Waals surface area contributed by atoms with Gasteiger partial charge in [0.25, 0.3) is 0 Å². The van der Waals surface area contributed by atoms with Gasteiger partial charge in [-0.15, -0.1) is 0 Å². The van der Waals surface area contributed by atoms with E-state index in [1.54, 1.807) is 0 Å². The fraction of sp³-hybridized carbons (Fsp3) is 0.250. The maximum atomic E-state index is 6.59. The molecule has 6 aromatic carbocycles. The topological polar surface area (TPSA) is 44.5 Å². The van der Waals surface area contributed by atoms with E-state index in [-0.39, 0.29) is 6.04 Å². The molecule has 0 aliphatic rings. The number of nitrogens with zero attached hydrogens (tertiary/aromatic N) is 2. The predicted molar refractivity (Wildman–Crippen MR) is 225 cm³/mol. The van der Waals surface area contributed by atoms with Crippen LogP contribution in [0.15, 0.2) is 146 Å². The Balaban J connectivity index is 1.31. The number of aryl methyl sites for hydroxylation is 2. The summed E-state index contributed by atoms with van der Waals surface area (Å²) < 4.78 is 0. The van der Waals surface area contributed by atoms with Crippen molar-refractivity contribution in [1.29, 1.82) is 0 Å². The molecule has 1 atom stereocenters. The smallest absolute Gasteiger partial charge is 0.0482 e. The Hall–Kier alpha value is -5.32. The first kappa shape index (κ1) is 36.5. The Morgan fingerprint density at radius 2 is 0.962 bits per heavy atom. The predicted octanol–water partition coefficient (Wildman–Crippen LogP) is 13.4. The average Bonchev–Trinajstić information content (AvgIpc) is 3.20. The molecule has 0 heterocycles. The van der Waals surface area contributed by atoms with Crippen LogP contribution in [0.3, 0.4) is 0 Å². The lowest BCUT2D eigenvalue weighted by molar-refractivity contribution is 0.638. The molecule has 0 bridgehead atoms. The highest BCUT2D eigenvalue weighted by atomic mass is 15.1. The van der Waals surface area contributed by atoms with Crippen molar-refractivity contribution in [3.8, 4) is 11.1 Å². The summed E-state index contributed by atoms with van der Waals surface area (Å²) in [6.07, 6.45) is 6.38. The maximum Gasteiger partial charge on any atom is 0.0482 e. The Morgan fingerprint density at radius 3 is 1.42 bits per heavy atom. The fourth-order valence-corrected chi connectivity index (χ4v) is 6.80. The van der Waals surface area contributed by atoms with Gasteiger partial charge in [-0.3, -0.25) is 0 Å². The largest absolute Gasteiger partial charge is 0.385 e. The lowest BCUT2D eigenvalue weighted by atomic mass is 10.0. The van der Waals surface area contributed by atoms with E-state index < -0.39 is 0 Å². The van der Waals surface area contributed by atoms with Crippen LogP contribution in [0.4, 0.5) is 39.8 Å². The molecule has 0 aliphatic heterocycles. The van der Waals surface area contributed by atoms with Gasteiger partial charge in [0.05, 0.1) is 0 Å². The van der Waals surface area contributed by atoms with Crippen LogP contribution in [0.2, 0.25) is 0 Å². The molecule has 6 rings (SSSR count). The van der Waals surface area contributed by atoms with Crippen LogP contribution < -0.4 is 20.9 Å². The standard InChI is InChI=1S/C48H54N4/c1-5-9-33-50-41-14-11-16-47(35-41)52(43-27-19-37(8-4)20-28-43)45-31-23-39(24-32-45)38-21-29-44(30-22-38)51(42-25-17-36(7-3)18-26-42)46-15-10-13-40(34-46)48(49)12-6-2/h10-11,13-32,34-35,48,50H,5-9,12,33,49H2,1-4H3. The van der Waals surface area contributed by atoms with Crippen molar-refractivity contribution in [3.63, 3.8) is 0 Å². The molecule has 52 heavy (non-hydrogen) atoms. The van der Waals surface area contributed by atoms with Crippen molar-refractivity contribution in [1.82, 2.24) is 0 Å². The Kier molecular flexibility index (Phi) is 12.4. The molecule has 0 aliphatic carbocycles. The highest BCUT2D eigenvalue weighted by molar-refractivity contribution is 5.81. The summed E-state index contributed by atoms with van der Waals surface area (Å²) in [5.74, 6) is 0. The minimum atomic E-state index is 0.0256. The highest BCUT2D eigenvalue weighted by Gasteiger charge is 2.16. The summed E-state index contributed by atoms with van der Waals surface area (Å²) in [6, 6.07) is 53.2. The van der Waals surface area contributed by atoms with E-state index >= 15 is 0 Å². The Labute approximate surface area is 312 Å². The quantitative estimate of drug-likeness (QED) is 0.0995. The summed E-state index contributed by atoms with van der Waals surface area (Å²) in [5, 5.41) is 3.61. The molecule has 3 N–H and O–H groups in total. The monoisotopic (exact) mass is 686 g/mol. The fourth-order valence-electron chi connectivity index (χ4n) is 6.80. The van der Waals surface area contributed by atoms with Crippen LogP contribution in [0.1, 0.15) is 76.1 Å². The summed E-state index contributed by atoms with van der Waals surface area (Å²) in [5.41, 5.74) is 20.7. The number of nitrogens with two attached hydrogens (primary N) is 1. The number of nitrogens with one attached hydrogen (secondary N) is 1. The minimum absolute atomic E-state index is 0.0256. The van der Waals surface area contributed by atoms with Gasteiger partial charge in [0.1, 0.15) is 0 Å². The lowest BCUT2D eigenvalue weighted by Gasteiger charge is -2.27. The van der Waals surface area contributed by atoms with E-state index in [0.717, 1.165) is 78.5 Å². The molecule has 0 saturated carbocycles. The van der Waals surface area contributed by atoms with Gasteiger partial charge in [-0.1, -0.05) is 107 Å². The first-order valence-electron chi connectivity index (χ1n) is 19.2. The van der Waals surface area contributed by atoms with E-state index in [1.165, 1.54) is 34.2 Å². The second-order valence-electron chi connectivity index (χ2n) is 13.6. The number of hydrogen-bond acceptors (Lipinski definition) is 4. The number of benzene rings is 6. The molecule has 6 aromatic rings. The van der Waals surface area contributed by atoms with Crippen LogP contribution in [0.5, 0.6) is 0 Å². The highest BCUT2D eigenvalue weighted by Crippen LogP contribution is 2.39. The van der Waals surface area contributed by atoms with Gasteiger partial charge >= 0.3 is 0 Å². The van der Waals surface area contributed by atoms with Gasteiger partial charge in [0.15, 0.2) is 0 Å². The number of rotatable bonds is 16. The summed E-state index contributed by atoms with van der Waals surface area (Å²) >= 11 is 0. The van der Waals surface area contributed by atoms with Crippen LogP contribution >= 0.6 is 0 Å². The number of hydrogen-bond donors (Lipinski definition) is 2. The molecular formula is C48H54N4. The van der Waals surface area contributed by atoms with Crippen molar-refractivity contribution in [2.45, 2.75) is 72.3 Å². The van der Waals surface area contributed by atoms with E-state index in [2.05, 4.69) is 188 Å². The average molecular weight is 687 g/mol. The zero-order valence-electron chi connectivity index (χ0n) is 31.4. The number of anilines is 7. The minimum Gasteiger partial charge on any atom is -0.385 e. The normalized spacial score (nSPS) is 11.6. The van der Waals surface area contributed by atoms with Gasteiger partial charge in [0, 0.05) is 52.4 Å². The van der Waals surface area contributed by atoms with Gasteiger partial charge in [-0.2, -0.15) is 0 Å². The van der Waals surface area contributed by atoms with Crippen molar-refractivity contribution in [3.05, 3.63) is 162 Å². The Bertz CT molecular complexity index is 1980. The first-order chi connectivity index (χ1) is 25.5. The zero-order valence-corrected chi connectivity index (χ0v) is 31.4. The van der Waals surface area contributed by atoms with Gasteiger partial charge in [0.2, 0.25) is 0 Å². The molecule has 0 amide bonds. The second-order valence-corrected chi connectivity index (χ2v) is 13.6. The maximum absolute atomic E-state index is 6.59. The van der Waals surface area contributed by atoms with E-state index in [4.69, 9.17) is 5.73 Å². The molecule has 0 aromatic heterocycles. The van der Waals surface area contributed by atoms with E-state index in [0.29, 0.717) is 0 Å². The molecule has 0 fully saturated rings. The van der Waals surface area contributed by atoms with E-state index in [9.17, 15) is 0 Å². The first-order valence-corrected chi connectivity index (χ1v) is 19.2. The lowest BCUT2D eigenvalue weighted by Crippen LogP contribution is -2.13. The summed E-state index contributed by atoms with van der Waals surface area (Å²) in [6.45, 7) is 9.78. The third-order valence-corrected chi connectivity index (χ3v) is 9.91. The molecule has 0 radical (unpaired) electrons. The van der Waals surface area contributed by atoms with Gasteiger partial charge < -0.3 is 20.9 Å². The SMILES string of the molecule is CCCCNc1cccc(N(c2ccc(CC)cc2)c2ccc(-c3ccc(N(c4ccc(CC)cc4)c4cccc(C(N)CCC)c4)cc3)cc2)c1. The van der Waals surface area contributed by atoms with Crippen molar-refractivity contribution in [2.75, 3.05) is 21.7 Å². The van der Waals surface area contributed by atoms with Crippen molar-refractivity contribution in [2.24, 2.45) is 5.73 Å². The summed E-state index contributed by atoms with van der Waals surface area (Å²) in [7, 11) is 0.